The van der Waals surface area contributed by atoms with Gasteiger partial charge in [0.2, 0.25) is 0 Å². The Balaban J connectivity index is 0.000000383. The van der Waals surface area contributed by atoms with Crippen LogP contribution < -0.4 is 5.32 Å². The third kappa shape index (κ3) is 6.14. The van der Waals surface area contributed by atoms with Crippen LogP contribution in [-0.4, -0.2) is 69.7 Å². The van der Waals surface area contributed by atoms with Crippen molar-refractivity contribution in [2.24, 2.45) is 13.0 Å². The van der Waals surface area contributed by atoms with Gasteiger partial charge in [-0.25, -0.2) is 4.79 Å². The Kier molecular flexibility index (Phi) is 7.48. The lowest BCUT2D eigenvalue weighted by atomic mass is 9.79. The lowest BCUT2D eigenvalue weighted by Crippen LogP contribution is -2.64. The van der Waals surface area contributed by atoms with Crippen molar-refractivity contribution < 1.29 is 37.0 Å². The third-order valence-corrected chi connectivity index (χ3v) is 5.83. The molecule has 1 atom stereocenters. The number of carbonyl (C=O) groups is 2. The fraction of sp³-hybridized carbons (Fsp3) is 0.571. The molecule has 2 fully saturated rings. The minimum absolute atomic E-state index is 0.0386. The van der Waals surface area contributed by atoms with E-state index in [4.69, 9.17) is 19.1 Å². The van der Waals surface area contributed by atoms with Gasteiger partial charge in [0.05, 0.1) is 23.3 Å². The SMILES string of the molecule is Cc1cc(CN2CC3(C2)OCCC3CCNC(=O)c2ccco2)n(C)n1.O=C(O)C(F)(F)F. The molecule has 182 valence electrons. The Morgan fingerprint density at radius 3 is 2.61 bits per heavy atom. The Morgan fingerprint density at radius 2 is 2.06 bits per heavy atom. The minimum atomic E-state index is -5.08. The second-order valence-corrected chi connectivity index (χ2v) is 8.27. The lowest BCUT2D eigenvalue weighted by molar-refractivity contribution is -0.192. The third-order valence-electron chi connectivity index (χ3n) is 5.83. The first-order valence-corrected chi connectivity index (χ1v) is 10.5. The van der Waals surface area contributed by atoms with Crippen LogP contribution in [-0.2, 0) is 23.1 Å². The highest BCUT2D eigenvalue weighted by Gasteiger charge is 2.52. The van der Waals surface area contributed by atoms with E-state index in [0.717, 1.165) is 44.8 Å². The number of alkyl halides is 3. The maximum Gasteiger partial charge on any atom is 0.490 e. The first-order chi connectivity index (χ1) is 15.5. The van der Waals surface area contributed by atoms with Crippen LogP contribution in [0.1, 0.15) is 34.8 Å². The molecule has 2 aliphatic rings. The molecule has 2 N–H and O–H groups in total. The smallest absolute Gasteiger partial charge is 0.475 e. The number of carboxylic acids is 1. The van der Waals surface area contributed by atoms with Gasteiger partial charge in [0, 0.05) is 39.8 Å². The van der Waals surface area contributed by atoms with Crippen molar-refractivity contribution in [1.29, 1.82) is 0 Å². The van der Waals surface area contributed by atoms with Gasteiger partial charge in [0.1, 0.15) is 0 Å². The molecule has 0 aromatic carbocycles. The molecule has 2 aromatic heterocycles. The fourth-order valence-electron chi connectivity index (χ4n) is 4.26. The number of aromatic nitrogens is 2. The van der Waals surface area contributed by atoms with Crippen molar-refractivity contribution in [2.45, 2.75) is 38.1 Å². The number of hydrogen-bond donors (Lipinski definition) is 2. The van der Waals surface area contributed by atoms with Crippen LogP contribution in [0.4, 0.5) is 13.2 Å². The number of furan rings is 1. The van der Waals surface area contributed by atoms with E-state index in [9.17, 15) is 18.0 Å². The maximum absolute atomic E-state index is 12.0. The van der Waals surface area contributed by atoms with Gasteiger partial charge in [-0.1, -0.05) is 0 Å². The number of aliphatic carboxylic acids is 1. The standard InChI is InChI=1S/C19H26N4O3.C2HF3O2/c1-14-10-16(22(2)21-14)11-23-12-19(13-23)15(6-9-26-19)5-7-20-18(24)17-4-3-8-25-17;3-2(4,5)1(6)7/h3-4,8,10,15H,5-7,9,11-13H2,1-2H3,(H,20,24);(H,6,7). The monoisotopic (exact) mass is 472 g/mol. The number of halogens is 3. The molecule has 0 bridgehead atoms. The number of rotatable bonds is 6. The van der Waals surface area contributed by atoms with Crippen LogP contribution in [0, 0.1) is 12.8 Å². The normalized spacial score (nSPS) is 19.6. The summed E-state index contributed by atoms with van der Waals surface area (Å²) in [5.74, 6) is -2.05. The second-order valence-electron chi connectivity index (χ2n) is 8.27. The molecule has 9 nitrogen and oxygen atoms in total. The Bertz CT molecular complexity index is 952. The summed E-state index contributed by atoms with van der Waals surface area (Å²) >= 11 is 0. The Morgan fingerprint density at radius 1 is 1.36 bits per heavy atom. The van der Waals surface area contributed by atoms with E-state index in [1.165, 1.54) is 12.0 Å². The van der Waals surface area contributed by atoms with Crippen LogP contribution in [0.3, 0.4) is 0 Å². The first kappa shape index (κ1) is 24.8. The van der Waals surface area contributed by atoms with Gasteiger partial charge in [-0.2, -0.15) is 18.3 Å². The van der Waals surface area contributed by atoms with Crippen LogP contribution in [0.15, 0.2) is 28.9 Å². The van der Waals surface area contributed by atoms with E-state index in [-0.39, 0.29) is 11.5 Å². The molecule has 33 heavy (non-hydrogen) atoms. The molecule has 0 saturated carbocycles. The zero-order valence-corrected chi connectivity index (χ0v) is 18.4. The Labute approximate surface area is 188 Å². The molecule has 4 heterocycles. The predicted molar refractivity (Wildman–Crippen MR) is 109 cm³/mol. The molecule has 1 amide bonds. The maximum atomic E-state index is 12.0. The summed E-state index contributed by atoms with van der Waals surface area (Å²) in [6.45, 7) is 6.30. The highest BCUT2D eigenvalue weighted by Crippen LogP contribution is 2.42. The summed E-state index contributed by atoms with van der Waals surface area (Å²) in [5.41, 5.74) is 2.25. The molecule has 12 heteroatoms. The molecule has 0 aliphatic carbocycles. The summed E-state index contributed by atoms with van der Waals surface area (Å²) in [6, 6.07) is 5.54. The van der Waals surface area contributed by atoms with E-state index >= 15 is 0 Å². The number of carboxylic acid groups (broad SMARTS) is 1. The van der Waals surface area contributed by atoms with Gasteiger partial charge in [-0.3, -0.25) is 14.4 Å². The number of aryl methyl sites for hydroxylation is 2. The van der Waals surface area contributed by atoms with Crippen LogP contribution >= 0.6 is 0 Å². The van der Waals surface area contributed by atoms with Crippen molar-refractivity contribution in [2.75, 3.05) is 26.2 Å². The summed E-state index contributed by atoms with van der Waals surface area (Å²) in [4.78, 5) is 23.3. The summed E-state index contributed by atoms with van der Waals surface area (Å²) in [6.07, 6.45) is -1.57. The van der Waals surface area contributed by atoms with Crippen molar-refractivity contribution >= 4 is 11.9 Å². The number of nitrogens with zero attached hydrogens (tertiary/aromatic N) is 3. The van der Waals surface area contributed by atoms with E-state index in [0.29, 0.717) is 18.2 Å². The first-order valence-electron chi connectivity index (χ1n) is 10.5. The molecular formula is C21H27F3N4O5. The molecule has 2 aliphatic heterocycles. The van der Waals surface area contributed by atoms with Gasteiger partial charge in [0.25, 0.3) is 5.91 Å². The Hall–Kier alpha value is -2.86. The van der Waals surface area contributed by atoms with Crippen LogP contribution in [0.2, 0.25) is 0 Å². The minimum Gasteiger partial charge on any atom is -0.475 e. The lowest BCUT2D eigenvalue weighted by Gasteiger charge is -2.50. The van der Waals surface area contributed by atoms with E-state index in [1.807, 2.05) is 18.7 Å². The largest absolute Gasteiger partial charge is 0.490 e. The number of hydrogen-bond acceptors (Lipinski definition) is 6. The zero-order valence-electron chi connectivity index (χ0n) is 18.4. The van der Waals surface area contributed by atoms with E-state index in [2.05, 4.69) is 21.4 Å². The molecular weight excluding hydrogens is 445 g/mol. The highest BCUT2D eigenvalue weighted by molar-refractivity contribution is 5.91. The average molecular weight is 472 g/mol. The molecule has 2 saturated heterocycles. The van der Waals surface area contributed by atoms with Gasteiger partial charge in [-0.05, 0) is 43.9 Å². The quantitative estimate of drug-likeness (QED) is 0.664. The van der Waals surface area contributed by atoms with Gasteiger partial charge >= 0.3 is 12.1 Å². The molecule has 1 spiro atoms. The van der Waals surface area contributed by atoms with Crippen molar-refractivity contribution in [3.63, 3.8) is 0 Å². The van der Waals surface area contributed by atoms with Gasteiger partial charge in [-0.15, -0.1) is 0 Å². The zero-order chi connectivity index (χ0) is 24.2. The van der Waals surface area contributed by atoms with Gasteiger partial charge < -0.3 is 19.6 Å². The predicted octanol–water partition coefficient (Wildman–Crippen LogP) is 2.37. The van der Waals surface area contributed by atoms with Crippen LogP contribution in [0.25, 0.3) is 0 Å². The van der Waals surface area contributed by atoms with E-state index in [1.54, 1.807) is 12.1 Å². The molecule has 1 unspecified atom stereocenters. The van der Waals surface area contributed by atoms with Gasteiger partial charge in [0.15, 0.2) is 5.76 Å². The molecule has 0 radical (unpaired) electrons. The number of nitrogens with one attached hydrogen (secondary N) is 1. The number of likely N-dealkylation sites (tertiary alicyclic amines) is 1. The number of ether oxygens (including phenoxy) is 1. The summed E-state index contributed by atoms with van der Waals surface area (Å²) in [7, 11) is 1.99. The van der Waals surface area contributed by atoms with Crippen LogP contribution in [0.5, 0.6) is 0 Å². The average Bonchev–Trinajstić information content (AvgIpc) is 3.42. The molecule has 4 rings (SSSR count). The van der Waals surface area contributed by atoms with Crippen molar-refractivity contribution in [1.82, 2.24) is 20.0 Å². The van der Waals surface area contributed by atoms with Crippen molar-refractivity contribution in [3.05, 3.63) is 41.6 Å². The van der Waals surface area contributed by atoms with E-state index < -0.39 is 12.1 Å². The summed E-state index contributed by atoms with van der Waals surface area (Å²) in [5, 5.41) is 14.5. The fourth-order valence-corrected chi connectivity index (χ4v) is 4.26. The number of amides is 1. The topological polar surface area (TPSA) is 110 Å². The second kappa shape index (κ2) is 9.96. The summed E-state index contributed by atoms with van der Waals surface area (Å²) < 4.78 is 44.9. The molecule has 2 aromatic rings. The van der Waals surface area contributed by atoms with Crippen molar-refractivity contribution in [3.8, 4) is 0 Å². The number of carbonyl (C=O) groups excluding carboxylic acids is 1. The highest BCUT2D eigenvalue weighted by atomic mass is 19.4.